The molecule has 0 aromatic carbocycles. The molecule has 0 fully saturated rings. The van der Waals surface area contributed by atoms with Crippen molar-refractivity contribution in [1.29, 1.82) is 0 Å². The number of hydrogen-bond donors (Lipinski definition) is 3. The van der Waals surface area contributed by atoms with E-state index in [1.54, 1.807) is 0 Å². The first-order valence-electron chi connectivity index (χ1n) is 8.68. The van der Waals surface area contributed by atoms with Gasteiger partial charge < -0.3 is 30.5 Å². The summed E-state index contributed by atoms with van der Waals surface area (Å²) < 4.78 is 5.25. The first-order valence-corrected chi connectivity index (χ1v) is 8.68. The zero-order valence-corrected chi connectivity index (χ0v) is 16.4. The normalized spacial score (nSPS) is 13.8. The van der Waals surface area contributed by atoms with Gasteiger partial charge in [-0.05, 0) is 20.3 Å². The van der Waals surface area contributed by atoms with E-state index < -0.39 is 29.5 Å². The highest BCUT2D eigenvalue weighted by Gasteiger charge is 2.36. The summed E-state index contributed by atoms with van der Waals surface area (Å²) in [5.41, 5.74) is 4.19. The number of rotatable bonds is 12. The fourth-order valence-electron chi connectivity index (χ4n) is 2.46. The second-order valence-electron chi connectivity index (χ2n) is 6.95. The Labute approximate surface area is 155 Å². The van der Waals surface area contributed by atoms with E-state index in [4.69, 9.17) is 15.6 Å². The van der Waals surface area contributed by atoms with Crippen LogP contribution in [0.4, 0.5) is 0 Å². The summed E-state index contributed by atoms with van der Waals surface area (Å²) in [6, 6.07) is -1.99. The second kappa shape index (κ2) is 11.1. The van der Waals surface area contributed by atoms with Gasteiger partial charge in [0.2, 0.25) is 17.7 Å². The molecule has 4 N–H and O–H groups in total. The molecule has 0 unspecified atom stereocenters. The molecule has 0 saturated carbocycles. The van der Waals surface area contributed by atoms with Crippen molar-refractivity contribution >= 4 is 17.7 Å². The van der Waals surface area contributed by atoms with Crippen LogP contribution in [0, 0.1) is 0 Å². The summed E-state index contributed by atoms with van der Waals surface area (Å²) in [5, 5.41) is 18.8. The van der Waals surface area contributed by atoms with E-state index in [1.807, 2.05) is 6.92 Å². The lowest BCUT2D eigenvalue weighted by molar-refractivity contribution is -0.150. The van der Waals surface area contributed by atoms with Crippen molar-refractivity contribution in [3.8, 4) is 0 Å². The highest BCUT2D eigenvalue weighted by atomic mass is 16.5. The van der Waals surface area contributed by atoms with Gasteiger partial charge in [-0.3, -0.25) is 14.4 Å². The predicted molar refractivity (Wildman–Crippen MR) is 96.0 cm³/mol. The van der Waals surface area contributed by atoms with E-state index in [9.17, 15) is 19.5 Å². The van der Waals surface area contributed by atoms with E-state index in [0.717, 1.165) is 4.90 Å². The van der Waals surface area contributed by atoms with Crippen LogP contribution < -0.4 is 5.73 Å². The fraction of sp³-hybridized carbons (Fsp3) is 0.824. The van der Waals surface area contributed by atoms with Gasteiger partial charge in [0, 0.05) is 26.9 Å². The molecule has 0 spiro atoms. The number of nitrogens with zero attached hydrogens (tertiary/aromatic N) is 2. The Hall–Kier alpha value is -1.71. The first-order chi connectivity index (χ1) is 12.0. The molecule has 0 aliphatic carbocycles. The van der Waals surface area contributed by atoms with Gasteiger partial charge in [0.15, 0.2) is 0 Å². The molecule has 0 bridgehead atoms. The topological polar surface area (TPSA) is 133 Å². The monoisotopic (exact) mass is 375 g/mol. The van der Waals surface area contributed by atoms with Crippen LogP contribution in [-0.2, 0) is 19.1 Å². The van der Waals surface area contributed by atoms with Crippen molar-refractivity contribution in [2.45, 2.75) is 57.7 Å². The van der Waals surface area contributed by atoms with E-state index in [-0.39, 0.29) is 38.6 Å². The van der Waals surface area contributed by atoms with E-state index in [1.165, 1.54) is 32.8 Å². The minimum absolute atomic E-state index is 0.0201. The molecule has 0 aromatic rings. The molecule has 3 amide bonds. The molecule has 0 aliphatic heterocycles. The van der Waals surface area contributed by atoms with Crippen LogP contribution in [0.1, 0.15) is 40.0 Å². The fourth-order valence-corrected chi connectivity index (χ4v) is 2.46. The number of aliphatic hydroxyl groups excluding tert-OH is 1. The molecule has 0 aromatic heterocycles. The minimum Gasteiger partial charge on any atom is -0.394 e. The maximum absolute atomic E-state index is 12.9. The molecule has 9 nitrogen and oxygen atoms in total. The standard InChI is InChI=1S/C17H33N3O6/c1-6-7-14(22)19(4)13(11-26-9-8-21)16(24)20(5)12(15(18)23)10-17(2,3)25/h12-13,21,25H,6-11H2,1-5H3,(H2,18,23)/t12-,13+/m0/s1. The minimum atomic E-state index is -1.21. The van der Waals surface area contributed by atoms with Gasteiger partial charge in [0.1, 0.15) is 12.1 Å². The van der Waals surface area contributed by atoms with Gasteiger partial charge >= 0.3 is 0 Å². The Kier molecular flexibility index (Phi) is 10.4. The molecular weight excluding hydrogens is 342 g/mol. The average Bonchev–Trinajstić information content (AvgIpc) is 2.54. The Morgan fingerprint density at radius 1 is 1.15 bits per heavy atom. The van der Waals surface area contributed by atoms with Crippen LogP contribution in [0.25, 0.3) is 0 Å². The molecule has 0 saturated heterocycles. The number of carbonyl (C=O) groups excluding carboxylic acids is 3. The van der Waals surface area contributed by atoms with Gasteiger partial charge in [-0.1, -0.05) is 6.92 Å². The van der Waals surface area contributed by atoms with Crippen LogP contribution in [0.2, 0.25) is 0 Å². The Morgan fingerprint density at radius 3 is 2.15 bits per heavy atom. The van der Waals surface area contributed by atoms with E-state index in [0.29, 0.717) is 6.42 Å². The van der Waals surface area contributed by atoms with Crippen LogP contribution in [0.5, 0.6) is 0 Å². The molecule has 152 valence electrons. The summed E-state index contributed by atoms with van der Waals surface area (Å²) in [6.45, 7) is 4.56. The van der Waals surface area contributed by atoms with Crippen molar-refractivity contribution in [2.75, 3.05) is 33.9 Å². The molecular formula is C17H33N3O6. The number of likely N-dealkylation sites (N-methyl/N-ethyl adjacent to an activating group) is 2. The number of nitrogens with two attached hydrogens (primary N) is 1. The third-order valence-corrected chi connectivity index (χ3v) is 3.96. The lowest BCUT2D eigenvalue weighted by Crippen LogP contribution is -2.56. The first kappa shape index (κ1) is 24.3. The summed E-state index contributed by atoms with van der Waals surface area (Å²) >= 11 is 0. The van der Waals surface area contributed by atoms with Gasteiger partial charge in [0.25, 0.3) is 0 Å². The zero-order chi connectivity index (χ0) is 20.5. The molecule has 2 atom stereocenters. The molecule has 9 heteroatoms. The molecule has 0 aliphatic rings. The van der Waals surface area contributed by atoms with E-state index >= 15 is 0 Å². The summed E-state index contributed by atoms with van der Waals surface area (Å²) in [6.07, 6.45) is 0.856. The lowest BCUT2D eigenvalue weighted by atomic mass is 9.97. The van der Waals surface area contributed by atoms with Crippen molar-refractivity contribution < 1.29 is 29.3 Å². The van der Waals surface area contributed by atoms with Crippen LogP contribution >= 0.6 is 0 Å². The highest BCUT2D eigenvalue weighted by molar-refractivity contribution is 5.91. The summed E-state index contributed by atoms with van der Waals surface area (Å²) in [4.78, 5) is 39.3. The van der Waals surface area contributed by atoms with Gasteiger partial charge in [-0.25, -0.2) is 0 Å². The van der Waals surface area contributed by atoms with Crippen LogP contribution in [0.15, 0.2) is 0 Å². The zero-order valence-electron chi connectivity index (χ0n) is 16.4. The van der Waals surface area contributed by atoms with Crippen molar-refractivity contribution in [3.63, 3.8) is 0 Å². The maximum Gasteiger partial charge on any atom is 0.248 e. The number of ether oxygens (including phenoxy) is 1. The number of primary amides is 1. The molecule has 0 heterocycles. The number of aliphatic hydroxyl groups is 2. The van der Waals surface area contributed by atoms with Crippen LogP contribution in [-0.4, -0.2) is 89.3 Å². The van der Waals surface area contributed by atoms with Crippen molar-refractivity contribution in [2.24, 2.45) is 5.73 Å². The largest absolute Gasteiger partial charge is 0.394 e. The maximum atomic E-state index is 12.9. The SMILES string of the molecule is CCCC(=O)N(C)[C@H](COCCO)C(=O)N(C)[C@@H](CC(C)(C)O)C(N)=O. The number of amides is 3. The van der Waals surface area contributed by atoms with Gasteiger partial charge in [0.05, 0.1) is 25.4 Å². The van der Waals surface area contributed by atoms with Crippen molar-refractivity contribution in [1.82, 2.24) is 9.80 Å². The number of carbonyl (C=O) groups is 3. The Balaban J connectivity index is 5.44. The summed E-state index contributed by atoms with van der Waals surface area (Å²) in [7, 11) is 2.90. The second-order valence-corrected chi connectivity index (χ2v) is 6.95. The van der Waals surface area contributed by atoms with Gasteiger partial charge in [-0.2, -0.15) is 0 Å². The third-order valence-electron chi connectivity index (χ3n) is 3.96. The summed E-state index contributed by atoms with van der Waals surface area (Å²) in [5.74, 6) is -1.51. The van der Waals surface area contributed by atoms with Gasteiger partial charge in [-0.15, -0.1) is 0 Å². The predicted octanol–water partition coefficient (Wildman–Crippen LogP) is -0.904. The Morgan fingerprint density at radius 2 is 1.73 bits per heavy atom. The smallest absolute Gasteiger partial charge is 0.248 e. The van der Waals surface area contributed by atoms with Crippen LogP contribution in [0.3, 0.4) is 0 Å². The Bertz CT molecular complexity index is 478. The lowest BCUT2D eigenvalue weighted by Gasteiger charge is -2.35. The van der Waals surface area contributed by atoms with E-state index in [2.05, 4.69) is 0 Å². The quantitative estimate of drug-likeness (QED) is 0.378. The van der Waals surface area contributed by atoms with Crippen molar-refractivity contribution in [3.05, 3.63) is 0 Å². The number of hydrogen-bond acceptors (Lipinski definition) is 6. The molecule has 0 radical (unpaired) electrons. The molecule has 0 rings (SSSR count). The average molecular weight is 375 g/mol. The molecule has 26 heavy (non-hydrogen) atoms. The third kappa shape index (κ3) is 8.11. The highest BCUT2D eigenvalue weighted by Crippen LogP contribution is 2.17.